The van der Waals surface area contributed by atoms with E-state index in [9.17, 15) is 19.2 Å². The molecule has 0 spiro atoms. The third-order valence-corrected chi connectivity index (χ3v) is 4.20. The SMILES string of the molecule is O=C(COC(=O)CCNC(=O)c1ccc(Cl)cc1)NC(=O)c1cccs1. The third-order valence-electron chi connectivity index (χ3n) is 3.08. The van der Waals surface area contributed by atoms with Gasteiger partial charge in [0.25, 0.3) is 17.7 Å². The van der Waals surface area contributed by atoms with Gasteiger partial charge in [-0.15, -0.1) is 11.3 Å². The van der Waals surface area contributed by atoms with Gasteiger partial charge >= 0.3 is 5.97 Å². The summed E-state index contributed by atoms with van der Waals surface area (Å²) in [4.78, 5) is 47.0. The monoisotopic (exact) mass is 394 g/mol. The van der Waals surface area contributed by atoms with Gasteiger partial charge in [-0.3, -0.25) is 24.5 Å². The maximum atomic E-state index is 11.8. The zero-order chi connectivity index (χ0) is 18.9. The van der Waals surface area contributed by atoms with Crippen molar-refractivity contribution in [2.45, 2.75) is 6.42 Å². The number of hydrogen-bond acceptors (Lipinski definition) is 6. The largest absolute Gasteiger partial charge is 0.456 e. The van der Waals surface area contributed by atoms with Crippen LogP contribution in [0.1, 0.15) is 26.5 Å². The van der Waals surface area contributed by atoms with Crippen LogP contribution in [0.4, 0.5) is 0 Å². The highest BCUT2D eigenvalue weighted by Crippen LogP contribution is 2.09. The lowest BCUT2D eigenvalue weighted by Crippen LogP contribution is -2.34. The van der Waals surface area contributed by atoms with E-state index in [1.807, 2.05) is 0 Å². The maximum Gasteiger partial charge on any atom is 0.308 e. The fourth-order valence-electron chi connectivity index (χ4n) is 1.83. The highest BCUT2D eigenvalue weighted by atomic mass is 35.5. The Morgan fingerprint density at radius 3 is 2.42 bits per heavy atom. The number of halogens is 1. The molecule has 1 aromatic carbocycles. The fourth-order valence-corrected chi connectivity index (χ4v) is 2.58. The number of carbonyl (C=O) groups is 4. The summed E-state index contributed by atoms with van der Waals surface area (Å²) in [5, 5.41) is 6.89. The van der Waals surface area contributed by atoms with Crippen LogP contribution >= 0.6 is 22.9 Å². The van der Waals surface area contributed by atoms with Crippen LogP contribution in [0, 0.1) is 0 Å². The molecule has 0 bridgehead atoms. The molecule has 0 aliphatic rings. The number of thiophene rings is 1. The van der Waals surface area contributed by atoms with Crippen LogP contribution in [0.15, 0.2) is 41.8 Å². The summed E-state index contributed by atoms with van der Waals surface area (Å²) < 4.78 is 4.76. The Labute approximate surface area is 158 Å². The molecule has 136 valence electrons. The highest BCUT2D eigenvalue weighted by molar-refractivity contribution is 7.12. The van der Waals surface area contributed by atoms with Crippen LogP contribution < -0.4 is 10.6 Å². The molecule has 3 amide bonds. The van der Waals surface area contributed by atoms with Crippen molar-refractivity contribution >= 4 is 46.6 Å². The van der Waals surface area contributed by atoms with Crippen LogP contribution in [0.25, 0.3) is 0 Å². The number of ether oxygens (including phenoxy) is 1. The Hall–Kier alpha value is -2.71. The second kappa shape index (κ2) is 9.69. The molecule has 0 unspecified atom stereocenters. The molecule has 7 nitrogen and oxygen atoms in total. The van der Waals surface area contributed by atoms with Gasteiger partial charge < -0.3 is 10.1 Å². The van der Waals surface area contributed by atoms with E-state index >= 15 is 0 Å². The molecule has 1 heterocycles. The van der Waals surface area contributed by atoms with E-state index in [1.165, 1.54) is 11.3 Å². The first-order valence-corrected chi connectivity index (χ1v) is 8.78. The number of hydrogen-bond donors (Lipinski definition) is 2. The number of imide groups is 1. The van der Waals surface area contributed by atoms with Gasteiger partial charge in [0, 0.05) is 17.1 Å². The van der Waals surface area contributed by atoms with Crippen LogP contribution in [0.3, 0.4) is 0 Å². The van der Waals surface area contributed by atoms with Gasteiger partial charge in [-0.1, -0.05) is 17.7 Å². The van der Waals surface area contributed by atoms with E-state index in [-0.39, 0.29) is 18.9 Å². The number of benzene rings is 1. The molecule has 1 aromatic heterocycles. The van der Waals surface area contributed by atoms with E-state index in [0.29, 0.717) is 15.5 Å². The van der Waals surface area contributed by atoms with E-state index < -0.39 is 24.4 Å². The third kappa shape index (κ3) is 6.30. The molecule has 9 heteroatoms. The standard InChI is InChI=1S/C17H15ClN2O5S/c18-12-5-3-11(4-6-12)16(23)19-8-7-15(22)25-10-14(21)20-17(24)13-2-1-9-26-13/h1-6,9H,7-8,10H2,(H,19,23)(H,20,21,24). The van der Waals surface area contributed by atoms with Crippen molar-refractivity contribution in [3.8, 4) is 0 Å². The van der Waals surface area contributed by atoms with Gasteiger partial charge in [-0.2, -0.15) is 0 Å². The molecule has 2 rings (SSSR count). The van der Waals surface area contributed by atoms with Gasteiger partial charge in [-0.05, 0) is 35.7 Å². The Kier molecular flexibility index (Phi) is 7.31. The number of esters is 1. The first kappa shape index (κ1) is 19.6. The summed E-state index contributed by atoms with van der Waals surface area (Å²) in [6.45, 7) is -0.517. The van der Waals surface area contributed by atoms with Crippen LogP contribution in [-0.2, 0) is 14.3 Å². The number of nitrogens with one attached hydrogen (secondary N) is 2. The predicted molar refractivity (Wildman–Crippen MR) is 96.2 cm³/mol. The first-order chi connectivity index (χ1) is 12.5. The fraction of sp³-hybridized carbons (Fsp3) is 0.176. The van der Waals surface area contributed by atoms with Crippen molar-refractivity contribution < 1.29 is 23.9 Å². The van der Waals surface area contributed by atoms with Crippen molar-refractivity contribution in [3.63, 3.8) is 0 Å². The van der Waals surface area contributed by atoms with E-state index in [2.05, 4.69) is 10.6 Å². The van der Waals surface area contributed by atoms with Gasteiger partial charge in [0.15, 0.2) is 6.61 Å². The zero-order valence-electron chi connectivity index (χ0n) is 13.5. The molecular formula is C17H15ClN2O5S. The molecule has 0 radical (unpaired) electrons. The van der Waals surface area contributed by atoms with Gasteiger partial charge in [-0.25, -0.2) is 0 Å². The molecule has 26 heavy (non-hydrogen) atoms. The van der Waals surface area contributed by atoms with Crippen molar-refractivity contribution in [1.82, 2.24) is 10.6 Å². The predicted octanol–water partition coefficient (Wildman–Crippen LogP) is 2.02. The molecule has 0 saturated carbocycles. The molecule has 0 aliphatic heterocycles. The number of carbonyl (C=O) groups excluding carboxylic acids is 4. The first-order valence-electron chi connectivity index (χ1n) is 7.53. The van der Waals surface area contributed by atoms with E-state index in [1.54, 1.807) is 41.8 Å². The number of amides is 3. The van der Waals surface area contributed by atoms with E-state index in [0.717, 1.165) is 0 Å². The zero-order valence-corrected chi connectivity index (χ0v) is 15.1. The molecular weight excluding hydrogens is 380 g/mol. The Balaban J connectivity index is 1.64. The topological polar surface area (TPSA) is 102 Å². The Morgan fingerprint density at radius 1 is 1.04 bits per heavy atom. The smallest absolute Gasteiger partial charge is 0.308 e. The summed E-state index contributed by atoms with van der Waals surface area (Å²) in [5.41, 5.74) is 0.411. The Morgan fingerprint density at radius 2 is 1.77 bits per heavy atom. The van der Waals surface area contributed by atoms with Gasteiger partial charge in [0.2, 0.25) is 0 Å². The molecule has 0 saturated heterocycles. The van der Waals surface area contributed by atoms with Crippen LogP contribution in [0.2, 0.25) is 5.02 Å². The van der Waals surface area contributed by atoms with Crippen molar-refractivity contribution in [2.75, 3.05) is 13.2 Å². The lowest BCUT2D eigenvalue weighted by Gasteiger charge is -2.07. The molecule has 2 aromatic rings. The van der Waals surface area contributed by atoms with E-state index in [4.69, 9.17) is 16.3 Å². The number of rotatable bonds is 7. The molecule has 0 aliphatic carbocycles. The molecule has 2 N–H and O–H groups in total. The average Bonchev–Trinajstić information content (AvgIpc) is 3.15. The van der Waals surface area contributed by atoms with Crippen molar-refractivity contribution in [2.24, 2.45) is 0 Å². The molecule has 0 fully saturated rings. The summed E-state index contributed by atoms with van der Waals surface area (Å²) >= 11 is 6.93. The highest BCUT2D eigenvalue weighted by Gasteiger charge is 2.13. The maximum absolute atomic E-state index is 11.8. The molecule has 0 atom stereocenters. The van der Waals surface area contributed by atoms with Crippen LogP contribution in [-0.4, -0.2) is 36.8 Å². The van der Waals surface area contributed by atoms with Gasteiger partial charge in [0.1, 0.15) is 0 Å². The average molecular weight is 395 g/mol. The minimum absolute atomic E-state index is 0.0516. The Bertz CT molecular complexity index is 790. The second-order valence-electron chi connectivity index (χ2n) is 5.03. The summed E-state index contributed by atoms with van der Waals surface area (Å²) in [7, 11) is 0. The second-order valence-corrected chi connectivity index (χ2v) is 6.41. The minimum atomic E-state index is -0.720. The summed E-state index contributed by atoms with van der Waals surface area (Å²) in [6, 6.07) is 9.54. The van der Waals surface area contributed by atoms with Crippen LogP contribution in [0.5, 0.6) is 0 Å². The van der Waals surface area contributed by atoms with Crippen molar-refractivity contribution in [1.29, 1.82) is 0 Å². The normalized spacial score (nSPS) is 10.0. The van der Waals surface area contributed by atoms with Gasteiger partial charge in [0.05, 0.1) is 11.3 Å². The minimum Gasteiger partial charge on any atom is -0.456 e. The van der Waals surface area contributed by atoms with Crippen molar-refractivity contribution in [3.05, 3.63) is 57.2 Å². The summed E-state index contributed by atoms with van der Waals surface area (Å²) in [6.07, 6.45) is -0.106. The lowest BCUT2D eigenvalue weighted by atomic mass is 10.2. The summed E-state index contributed by atoms with van der Waals surface area (Å²) in [5.74, 6) is -2.29. The quantitative estimate of drug-likeness (QED) is 0.699. The lowest BCUT2D eigenvalue weighted by molar-refractivity contribution is -0.148.